The molecule has 0 saturated heterocycles. The summed E-state index contributed by atoms with van der Waals surface area (Å²) in [4.78, 5) is 0. The highest BCUT2D eigenvalue weighted by molar-refractivity contribution is 5.37. The minimum absolute atomic E-state index is 0.315. The molecule has 1 saturated carbocycles. The van der Waals surface area contributed by atoms with Crippen molar-refractivity contribution < 1.29 is 9.47 Å². The molecule has 1 aliphatic carbocycles. The number of hydrogen-bond acceptors (Lipinski definition) is 3. The van der Waals surface area contributed by atoms with Crippen LogP contribution in [0.1, 0.15) is 30.9 Å². The third-order valence-electron chi connectivity index (χ3n) is 4.09. The molecule has 1 aliphatic rings. The predicted octanol–water partition coefficient (Wildman–Crippen LogP) is 2.95. The largest absolute Gasteiger partial charge is 0.496 e. The number of hydrogen-bond donors (Lipinski definition) is 1. The maximum Gasteiger partial charge on any atom is 0.122 e. The molecule has 2 atom stereocenters. The van der Waals surface area contributed by atoms with Crippen molar-refractivity contribution in [1.82, 2.24) is 5.32 Å². The average molecular weight is 277 g/mol. The van der Waals surface area contributed by atoms with E-state index in [2.05, 4.69) is 37.4 Å². The monoisotopic (exact) mass is 277 g/mol. The van der Waals surface area contributed by atoms with E-state index in [1.54, 1.807) is 7.11 Å². The molecular weight excluding hydrogens is 250 g/mol. The zero-order chi connectivity index (χ0) is 14.5. The van der Waals surface area contributed by atoms with Crippen LogP contribution in [0, 0.1) is 12.8 Å². The minimum atomic E-state index is 0.315. The highest BCUT2D eigenvalue weighted by Gasteiger charge is 2.36. The van der Waals surface area contributed by atoms with Crippen LogP contribution in [0.5, 0.6) is 5.75 Å². The maximum absolute atomic E-state index is 5.99. The Balaban J connectivity index is 2.14. The molecule has 0 heterocycles. The van der Waals surface area contributed by atoms with Crippen LogP contribution in [0.25, 0.3) is 0 Å². The molecule has 0 aliphatic heterocycles. The average Bonchev–Trinajstić information content (AvgIpc) is 3.27. The van der Waals surface area contributed by atoms with E-state index in [0.717, 1.165) is 24.7 Å². The second-order valence-electron chi connectivity index (χ2n) is 5.67. The number of nitrogens with one attached hydrogen (secondary N) is 1. The lowest BCUT2D eigenvalue weighted by Crippen LogP contribution is -2.42. The van der Waals surface area contributed by atoms with Crippen LogP contribution < -0.4 is 10.1 Å². The molecule has 0 amide bonds. The fourth-order valence-corrected chi connectivity index (χ4v) is 2.88. The van der Waals surface area contributed by atoms with Crippen molar-refractivity contribution in [3.8, 4) is 5.75 Å². The molecule has 112 valence electrons. The lowest BCUT2D eigenvalue weighted by molar-refractivity contribution is 0.0210. The van der Waals surface area contributed by atoms with Gasteiger partial charge >= 0.3 is 0 Å². The summed E-state index contributed by atoms with van der Waals surface area (Å²) in [6, 6.07) is 6.72. The first kappa shape index (κ1) is 15.3. The van der Waals surface area contributed by atoms with Crippen LogP contribution in [-0.2, 0) is 11.2 Å². The van der Waals surface area contributed by atoms with Crippen LogP contribution in [-0.4, -0.2) is 32.9 Å². The third-order valence-corrected chi connectivity index (χ3v) is 4.09. The Morgan fingerprint density at radius 2 is 2.10 bits per heavy atom. The predicted molar refractivity (Wildman–Crippen MR) is 82.4 cm³/mol. The van der Waals surface area contributed by atoms with Crippen molar-refractivity contribution in [1.29, 1.82) is 0 Å². The Bertz CT molecular complexity index is 429. The van der Waals surface area contributed by atoms with Gasteiger partial charge in [-0.3, -0.25) is 0 Å². The summed E-state index contributed by atoms with van der Waals surface area (Å²) >= 11 is 0. The first-order valence-corrected chi connectivity index (χ1v) is 7.62. The zero-order valence-electron chi connectivity index (χ0n) is 13.1. The van der Waals surface area contributed by atoms with Gasteiger partial charge < -0.3 is 14.8 Å². The smallest absolute Gasteiger partial charge is 0.122 e. The lowest BCUT2D eigenvalue weighted by Gasteiger charge is -2.27. The van der Waals surface area contributed by atoms with Gasteiger partial charge in [0.2, 0.25) is 0 Å². The number of methoxy groups -OCH3 is 1. The SMILES string of the molecule is CCOC(C1CC1)C(Cc1cc(C)ccc1OC)NC. The summed E-state index contributed by atoms with van der Waals surface area (Å²) in [5, 5.41) is 3.45. The van der Waals surface area contributed by atoms with Crippen molar-refractivity contribution in [2.75, 3.05) is 20.8 Å². The molecule has 3 nitrogen and oxygen atoms in total. The normalized spacial score (nSPS) is 17.8. The molecule has 2 unspecified atom stereocenters. The molecule has 0 aromatic heterocycles. The van der Waals surface area contributed by atoms with Gasteiger partial charge in [0.1, 0.15) is 5.75 Å². The molecule has 3 heteroatoms. The summed E-state index contributed by atoms with van der Waals surface area (Å²) in [7, 11) is 3.77. The van der Waals surface area contributed by atoms with E-state index in [1.807, 2.05) is 7.05 Å². The van der Waals surface area contributed by atoms with Crippen LogP contribution >= 0.6 is 0 Å². The molecule has 1 N–H and O–H groups in total. The Kier molecular flexibility index (Phi) is 5.44. The first-order chi connectivity index (χ1) is 9.69. The van der Waals surface area contributed by atoms with Crippen LogP contribution in [0.2, 0.25) is 0 Å². The number of ether oxygens (including phenoxy) is 2. The quantitative estimate of drug-likeness (QED) is 0.792. The summed E-state index contributed by atoms with van der Waals surface area (Å²) in [5.74, 6) is 1.70. The highest BCUT2D eigenvalue weighted by atomic mass is 16.5. The summed E-state index contributed by atoms with van der Waals surface area (Å²) in [6.45, 7) is 4.98. The zero-order valence-corrected chi connectivity index (χ0v) is 13.1. The maximum atomic E-state index is 5.99. The van der Waals surface area contributed by atoms with Crippen molar-refractivity contribution in [3.05, 3.63) is 29.3 Å². The second-order valence-corrected chi connectivity index (χ2v) is 5.67. The third kappa shape index (κ3) is 3.74. The van der Waals surface area contributed by atoms with Gasteiger partial charge in [0.15, 0.2) is 0 Å². The van der Waals surface area contributed by atoms with E-state index in [0.29, 0.717) is 12.1 Å². The van der Waals surface area contributed by atoms with Crippen molar-refractivity contribution >= 4 is 0 Å². The summed E-state index contributed by atoms with van der Waals surface area (Å²) < 4.78 is 11.5. The van der Waals surface area contributed by atoms with Gasteiger partial charge in [0.25, 0.3) is 0 Å². The van der Waals surface area contributed by atoms with E-state index in [1.165, 1.54) is 24.0 Å². The Morgan fingerprint density at radius 3 is 2.65 bits per heavy atom. The van der Waals surface area contributed by atoms with Gasteiger partial charge in [-0.2, -0.15) is 0 Å². The molecule has 0 bridgehead atoms. The lowest BCUT2D eigenvalue weighted by atomic mass is 9.96. The molecular formula is C17H27NO2. The molecule has 1 fully saturated rings. The van der Waals surface area contributed by atoms with Crippen molar-refractivity contribution in [3.63, 3.8) is 0 Å². The van der Waals surface area contributed by atoms with Gasteiger partial charge in [-0.15, -0.1) is 0 Å². The van der Waals surface area contributed by atoms with Crippen LogP contribution in [0.15, 0.2) is 18.2 Å². The van der Waals surface area contributed by atoms with E-state index < -0.39 is 0 Å². The number of likely N-dealkylation sites (N-methyl/N-ethyl adjacent to an activating group) is 1. The molecule has 1 aromatic rings. The van der Waals surface area contributed by atoms with Gasteiger partial charge in [-0.25, -0.2) is 0 Å². The number of rotatable bonds is 8. The highest BCUT2D eigenvalue weighted by Crippen LogP contribution is 2.37. The van der Waals surface area contributed by atoms with Gasteiger partial charge in [0, 0.05) is 12.6 Å². The fourth-order valence-electron chi connectivity index (χ4n) is 2.88. The van der Waals surface area contributed by atoms with Gasteiger partial charge in [-0.05, 0) is 57.7 Å². The Labute approximate surface area is 122 Å². The van der Waals surface area contributed by atoms with E-state index in [4.69, 9.17) is 9.47 Å². The molecule has 2 rings (SSSR count). The molecule has 0 radical (unpaired) electrons. The van der Waals surface area contributed by atoms with Gasteiger partial charge in [-0.1, -0.05) is 17.7 Å². The summed E-state index contributed by atoms with van der Waals surface area (Å²) in [6.07, 6.45) is 3.86. The molecule has 20 heavy (non-hydrogen) atoms. The number of aryl methyl sites for hydroxylation is 1. The van der Waals surface area contributed by atoms with Crippen LogP contribution in [0.4, 0.5) is 0 Å². The standard InChI is InChI=1S/C17H27NO2/c1-5-20-17(13-7-8-13)15(18-3)11-14-10-12(2)6-9-16(14)19-4/h6,9-10,13,15,17-18H,5,7-8,11H2,1-4H3. The topological polar surface area (TPSA) is 30.5 Å². The van der Waals surface area contributed by atoms with E-state index >= 15 is 0 Å². The minimum Gasteiger partial charge on any atom is -0.496 e. The molecule has 0 spiro atoms. The van der Waals surface area contributed by atoms with E-state index in [9.17, 15) is 0 Å². The van der Waals surface area contributed by atoms with Crippen LogP contribution in [0.3, 0.4) is 0 Å². The van der Waals surface area contributed by atoms with E-state index in [-0.39, 0.29) is 0 Å². The summed E-state index contributed by atoms with van der Waals surface area (Å²) in [5.41, 5.74) is 2.53. The fraction of sp³-hybridized carbons (Fsp3) is 0.647. The van der Waals surface area contributed by atoms with Crippen molar-refractivity contribution in [2.24, 2.45) is 5.92 Å². The van der Waals surface area contributed by atoms with Gasteiger partial charge in [0.05, 0.1) is 13.2 Å². The second kappa shape index (κ2) is 7.09. The first-order valence-electron chi connectivity index (χ1n) is 7.62. The Morgan fingerprint density at radius 1 is 1.35 bits per heavy atom. The molecule has 1 aromatic carbocycles. The van der Waals surface area contributed by atoms with Crippen molar-refractivity contribution in [2.45, 2.75) is 45.3 Å². The number of benzene rings is 1. The Hall–Kier alpha value is -1.06.